The van der Waals surface area contributed by atoms with Crippen molar-refractivity contribution in [2.45, 2.75) is 20.0 Å². The molecule has 0 aliphatic heterocycles. The van der Waals surface area contributed by atoms with Gasteiger partial charge in [0, 0.05) is 18.0 Å². The van der Waals surface area contributed by atoms with Gasteiger partial charge in [0.25, 0.3) is 5.91 Å². The molecule has 7 nitrogen and oxygen atoms in total. The lowest BCUT2D eigenvalue weighted by Gasteiger charge is -2.19. The lowest BCUT2D eigenvalue weighted by Crippen LogP contribution is -2.41. The second-order valence-electron chi connectivity index (χ2n) is 6.48. The van der Waals surface area contributed by atoms with Gasteiger partial charge < -0.3 is 10.1 Å². The van der Waals surface area contributed by atoms with Gasteiger partial charge in [-0.2, -0.15) is 0 Å². The maximum absolute atomic E-state index is 13.0. The molecule has 1 atom stereocenters. The summed E-state index contributed by atoms with van der Waals surface area (Å²) < 4.78 is 5.57. The Hall–Kier alpha value is -3.74. The van der Waals surface area contributed by atoms with E-state index < -0.39 is 24.0 Å². The van der Waals surface area contributed by atoms with Gasteiger partial charge in [-0.05, 0) is 25.5 Å². The Balaban J connectivity index is 1.98. The van der Waals surface area contributed by atoms with Crippen LogP contribution in [0.2, 0.25) is 0 Å². The summed E-state index contributed by atoms with van der Waals surface area (Å²) >= 11 is 0. The van der Waals surface area contributed by atoms with Crippen molar-refractivity contribution in [2.75, 3.05) is 7.05 Å². The number of nitrogens with one attached hydrogen (secondary N) is 2. The summed E-state index contributed by atoms with van der Waals surface area (Å²) in [5, 5.41) is 5.30. The maximum atomic E-state index is 13.0. The fraction of sp³-hybridized carbons (Fsp3) is 0.182. The van der Waals surface area contributed by atoms with Crippen molar-refractivity contribution < 1.29 is 19.1 Å². The number of aryl methyl sites for hydroxylation is 2. The highest BCUT2D eigenvalue weighted by Crippen LogP contribution is 2.26. The number of ether oxygens (including phenoxy) is 1. The fourth-order valence-corrected chi connectivity index (χ4v) is 3.14. The molecule has 1 aromatic heterocycles. The first-order chi connectivity index (χ1) is 13.9. The molecule has 2 N–H and O–H groups in total. The Morgan fingerprint density at radius 1 is 0.966 bits per heavy atom. The zero-order valence-corrected chi connectivity index (χ0v) is 16.4. The van der Waals surface area contributed by atoms with Crippen molar-refractivity contribution >= 4 is 28.8 Å². The number of hydrogen-bond acceptors (Lipinski definition) is 5. The Kier molecular flexibility index (Phi) is 5.87. The Labute approximate surface area is 168 Å². The molecule has 0 aliphatic carbocycles. The predicted octanol–water partition coefficient (Wildman–Crippen LogP) is 3.21. The minimum Gasteiger partial charge on any atom is -0.444 e. The van der Waals surface area contributed by atoms with Crippen molar-refractivity contribution in [3.8, 4) is 0 Å². The summed E-state index contributed by atoms with van der Waals surface area (Å²) in [6, 6.07) is 15.3. The van der Waals surface area contributed by atoms with Crippen LogP contribution >= 0.6 is 0 Å². The van der Waals surface area contributed by atoms with Gasteiger partial charge >= 0.3 is 12.0 Å². The minimum absolute atomic E-state index is 0.303. The van der Waals surface area contributed by atoms with E-state index in [4.69, 9.17) is 4.74 Å². The summed E-state index contributed by atoms with van der Waals surface area (Å²) in [7, 11) is 1.39. The maximum Gasteiger partial charge on any atom is 0.341 e. The van der Waals surface area contributed by atoms with Crippen LogP contribution in [0.3, 0.4) is 0 Å². The molecule has 3 aromatic rings. The molecule has 0 radical (unpaired) electrons. The zero-order valence-electron chi connectivity index (χ0n) is 16.4. The number of aromatic nitrogens is 1. The molecular formula is C22H21N3O4. The molecule has 0 bridgehead atoms. The van der Waals surface area contributed by atoms with Crippen molar-refractivity contribution in [3.63, 3.8) is 0 Å². The molecule has 0 fully saturated rings. The number of rotatable bonds is 4. The average molecular weight is 391 g/mol. The number of imide groups is 1. The van der Waals surface area contributed by atoms with E-state index in [9.17, 15) is 14.4 Å². The second kappa shape index (κ2) is 8.52. The number of pyridine rings is 1. The molecule has 148 valence electrons. The van der Waals surface area contributed by atoms with E-state index in [0.717, 1.165) is 16.5 Å². The second-order valence-corrected chi connectivity index (χ2v) is 6.48. The number of nitrogens with zero attached hydrogens (tertiary/aromatic N) is 1. The summed E-state index contributed by atoms with van der Waals surface area (Å²) in [6.45, 7) is 3.54. The van der Waals surface area contributed by atoms with E-state index >= 15 is 0 Å². The summed E-state index contributed by atoms with van der Waals surface area (Å²) in [4.78, 5) is 41.7. The number of para-hydroxylation sites is 1. The molecule has 0 saturated heterocycles. The van der Waals surface area contributed by atoms with E-state index in [2.05, 4.69) is 15.6 Å². The van der Waals surface area contributed by atoms with Gasteiger partial charge in [-0.15, -0.1) is 0 Å². The quantitative estimate of drug-likeness (QED) is 0.666. The third kappa shape index (κ3) is 4.24. The smallest absolute Gasteiger partial charge is 0.341 e. The minimum atomic E-state index is -1.29. The first-order valence-electron chi connectivity index (χ1n) is 9.06. The summed E-state index contributed by atoms with van der Waals surface area (Å²) in [6.07, 6.45) is -1.29. The van der Waals surface area contributed by atoms with Gasteiger partial charge in [0.1, 0.15) is 0 Å². The van der Waals surface area contributed by atoms with Crippen LogP contribution in [-0.2, 0) is 9.53 Å². The molecule has 0 saturated carbocycles. The molecule has 7 heteroatoms. The van der Waals surface area contributed by atoms with E-state index in [0.29, 0.717) is 16.8 Å². The van der Waals surface area contributed by atoms with Crippen molar-refractivity contribution in [2.24, 2.45) is 0 Å². The van der Waals surface area contributed by atoms with Gasteiger partial charge in [-0.3, -0.25) is 15.1 Å². The normalized spacial score (nSPS) is 11.6. The van der Waals surface area contributed by atoms with Crippen LogP contribution in [-0.4, -0.2) is 29.9 Å². The highest BCUT2D eigenvalue weighted by atomic mass is 16.5. The molecule has 2 aromatic carbocycles. The van der Waals surface area contributed by atoms with Crippen LogP contribution in [0.25, 0.3) is 10.9 Å². The van der Waals surface area contributed by atoms with E-state index in [1.807, 2.05) is 31.2 Å². The Morgan fingerprint density at radius 3 is 2.31 bits per heavy atom. The molecule has 0 spiro atoms. The SMILES string of the molecule is CNC(=O)NC(=O)[C@@H](OC(=O)c1c(C)nc2ccccc2c1C)c1ccccc1. The first-order valence-corrected chi connectivity index (χ1v) is 9.06. The van der Waals surface area contributed by atoms with Crippen LogP contribution in [0, 0.1) is 13.8 Å². The highest BCUT2D eigenvalue weighted by Gasteiger charge is 2.28. The monoisotopic (exact) mass is 391 g/mol. The van der Waals surface area contributed by atoms with Gasteiger partial charge in [-0.1, -0.05) is 48.5 Å². The highest BCUT2D eigenvalue weighted by molar-refractivity contribution is 6.01. The number of fused-ring (bicyclic) bond motifs is 1. The number of amides is 3. The predicted molar refractivity (Wildman–Crippen MR) is 108 cm³/mol. The Bertz CT molecular complexity index is 1080. The van der Waals surface area contributed by atoms with Gasteiger partial charge in [0.2, 0.25) is 6.10 Å². The topological polar surface area (TPSA) is 97.4 Å². The molecule has 0 aliphatic rings. The van der Waals surface area contributed by atoms with Crippen LogP contribution in [0.1, 0.15) is 33.3 Å². The third-order valence-corrected chi connectivity index (χ3v) is 4.57. The average Bonchev–Trinajstić information content (AvgIpc) is 2.72. The first kappa shape index (κ1) is 20.0. The number of carbonyl (C=O) groups excluding carboxylic acids is 3. The van der Waals surface area contributed by atoms with E-state index in [-0.39, 0.29) is 0 Å². The third-order valence-electron chi connectivity index (χ3n) is 4.57. The van der Waals surface area contributed by atoms with Crippen LogP contribution < -0.4 is 10.6 Å². The molecule has 0 unspecified atom stereocenters. The molecule has 3 rings (SSSR count). The van der Waals surface area contributed by atoms with E-state index in [1.54, 1.807) is 37.3 Å². The number of urea groups is 1. The number of benzene rings is 2. The lowest BCUT2D eigenvalue weighted by molar-refractivity contribution is -0.129. The largest absolute Gasteiger partial charge is 0.444 e. The van der Waals surface area contributed by atoms with Crippen LogP contribution in [0.5, 0.6) is 0 Å². The fourth-order valence-electron chi connectivity index (χ4n) is 3.14. The standard InChI is InChI=1S/C22H21N3O4/c1-13-16-11-7-8-12-17(16)24-14(2)18(13)21(27)29-19(15-9-5-4-6-10-15)20(26)25-22(28)23-3/h4-12,19H,1-3H3,(H2,23,25,26,28)/t19-/m0/s1. The van der Waals surface area contributed by atoms with Crippen molar-refractivity contribution in [1.29, 1.82) is 0 Å². The Morgan fingerprint density at radius 2 is 1.62 bits per heavy atom. The van der Waals surface area contributed by atoms with Gasteiger partial charge in [-0.25, -0.2) is 9.59 Å². The van der Waals surface area contributed by atoms with Gasteiger partial charge in [0.15, 0.2) is 0 Å². The molecule has 29 heavy (non-hydrogen) atoms. The molecular weight excluding hydrogens is 370 g/mol. The summed E-state index contributed by atoms with van der Waals surface area (Å²) in [5.41, 5.74) is 2.75. The van der Waals surface area contributed by atoms with Crippen molar-refractivity contribution in [3.05, 3.63) is 77.0 Å². The van der Waals surface area contributed by atoms with Crippen LogP contribution in [0.4, 0.5) is 4.79 Å². The number of esters is 1. The molecule has 3 amide bonds. The van der Waals surface area contributed by atoms with Crippen LogP contribution in [0.15, 0.2) is 54.6 Å². The zero-order chi connectivity index (χ0) is 21.0. The van der Waals surface area contributed by atoms with Crippen molar-refractivity contribution in [1.82, 2.24) is 15.6 Å². The van der Waals surface area contributed by atoms with E-state index in [1.165, 1.54) is 7.05 Å². The number of hydrogen-bond donors (Lipinski definition) is 2. The van der Waals surface area contributed by atoms with Gasteiger partial charge in [0.05, 0.1) is 16.8 Å². The number of carbonyl (C=O) groups is 3. The lowest BCUT2D eigenvalue weighted by atomic mass is 10.0. The summed E-state index contributed by atoms with van der Waals surface area (Å²) in [5.74, 6) is -1.42. The molecule has 1 heterocycles.